The molecule has 0 unspecified atom stereocenters. The minimum atomic E-state index is 0.623. The molecule has 0 atom stereocenters. The number of aromatic nitrogens is 2. The molecule has 0 spiro atoms. The molecule has 2 rings (SSSR count). The van der Waals surface area contributed by atoms with Crippen LogP contribution in [0.5, 0.6) is 0 Å². The van der Waals surface area contributed by atoms with Crippen LogP contribution in [0.4, 0.5) is 0 Å². The molecular formula is C10H6BrN3. The van der Waals surface area contributed by atoms with Gasteiger partial charge in [0.2, 0.25) is 0 Å². The number of hydrogen-bond donors (Lipinski definition) is 0. The van der Waals surface area contributed by atoms with Crippen LogP contribution in [0.3, 0.4) is 0 Å². The summed E-state index contributed by atoms with van der Waals surface area (Å²) < 4.78 is 2.71. The lowest BCUT2D eigenvalue weighted by Gasteiger charge is -2.04. The number of nitrogens with zero attached hydrogens (tertiary/aromatic N) is 3. The van der Waals surface area contributed by atoms with Crippen molar-refractivity contribution in [3.63, 3.8) is 0 Å². The van der Waals surface area contributed by atoms with E-state index in [1.54, 1.807) is 18.6 Å². The van der Waals surface area contributed by atoms with Gasteiger partial charge in [-0.2, -0.15) is 5.26 Å². The summed E-state index contributed by atoms with van der Waals surface area (Å²) in [5.41, 5.74) is 1.46. The first-order chi connectivity index (χ1) is 6.81. The van der Waals surface area contributed by atoms with E-state index in [9.17, 15) is 0 Å². The zero-order valence-electron chi connectivity index (χ0n) is 7.18. The van der Waals surface area contributed by atoms with Crippen LogP contribution in [0.15, 0.2) is 41.4 Å². The van der Waals surface area contributed by atoms with Crippen LogP contribution in [0.2, 0.25) is 0 Å². The summed E-state index contributed by atoms with van der Waals surface area (Å²) in [5, 5.41) is 8.94. The highest BCUT2D eigenvalue weighted by Gasteiger charge is 2.03. The van der Waals surface area contributed by atoms with Gasteiger partial charge in [-0.1, -0.05) is 15.9 Å². The fourth-order valence-electron chi connectivity index (χ4n) is 1.22. The fourth-order valence-corrected chi connectivity index (χ4v) is 1.59. The van der Waals surface area contributed by atoms with Gasteiger partial charge >= 0.3 is 0 Å². The van der Waals surface area contributed by atoms with E-state index in [1.807, 2.05) is 22.9 Å². The average Bonchev–Trinajstić information content (AvgIpc) is 2.70. The molecule has 0 fully saturated rings. The van der Waals surface area contributed by atoms with Crippen molar-refractivity contribution in [2.75, 3.05) is 0 Å². The second-order valence-electron chi connectivity index (χ2n) is 2.74. The summed E-state index contributed by atoms with van der Waals surface area (Å²) >= 11 is 3.32. The van der Waals surface area contributed by atoms with Crippen molar-refractivity contribution >= 4 is 15.9 Å². The van der Waals surface area contributed by atoms with Gasteiger partial charge in [-0.15, -0.1) is 0 Å². The number of rotatable bonds is 1. The van der Waals surface area contributed by atoms with E-state index in [2.05, 4.69) is 27.0 Å². The predicted octanol–water partition coefficient (Wildman–Crippen LogP) is 2.51. The molecule has 0 bridgehead atoms. The minimum Gasteiger partial charge on any atom is -0.305 e. The molecule has 4 heteroatoms. The molecule has 14 heavy (non-hydrogen) atoms. The van der Waals surface area contributed by atoms with Gasteiger partial charge in [-0.25, -0.2) is 4.98 Å². The second kappa shape index (κ2) is 3.64. The first-order valence-electron chi connectivity index (χ1n) is 3.99. The Labute approximate surface area is 89.8 Å². The Morgan fingerprint density at radius 2 is 2.29 bits per heavy atom. The van der Waals surface area contributed by atoms with Crippen molar-refractivity contribution in [3.05, 3.63) is 47.0 Å². The molecule has 1 aromatic carbocycles. The highest BCUT2D eigenvalue weighted by atomic mass is 79.9. The van der Waals surface area contributed by atoms with Gasteiger partial charge in [-0.05, 0) is 18.2 Å². The Morgan fingerprint density at radius 1 is 1.43 bits per heavy atom. The van der Waals surface area contributed by atoms with Gasteiger partial charge in [0.15, 0.2) is 0 Å². The normalized spacial score (nSPS) is 9.71. The minimum absolute atomic E-state index is 0.623. The Morgan fingerprint density at radius 3 is 2.93 bits per heavy atom. The highest BCUT2D eigenvalue weighted by molar-refractivity contribution is 9.10. The molecule has 0 aliphatic rings. The maximum Gasteiger partial charge on any atom is 0.101 e. The van der Waals surface area contributed by atoms with Crippen molar-refractivity contribution < 1.29 is 0 Å². The molecule has 2 aromatic rings. The zero-order valence-corrected chi connectivity index (χ0v) is 8.77. The van der Waals surface area contributed by atoms with Crippen molar-refractivity contribution in [2.24, 2.45) is 0 Å². The van der Waals surface area contributed by atoms with E-state index in [-0.39, 0.29) is 0 Å². The molecule has 0 aliphatic heterocycles. The summed E-state index contributed by atoms with van der Waals surface area (Å²) in [5.74, 6) is 0. The summed E-state index contributed by atoms with van der Waals surface area (Å²) in [6.45, 7) is 0. The van der Waals surface area contributed by atoms with E-state index in [0.717, 1.165) is 10.2 Å². The molecule has 1 aromatic heterocycles. The molecule has 1 heterocycles. The summed E-state index contributed by atoms with van der Waals surface area (Å²) in [6.07, 6.45) is 5.16. The maximum atomic E-state index is 8.94. The van der Waals surface area contributed by atoms with E-state index < -0.39 is 0 Å². The molecular weight excluding hydrogens is 242 g/mol. The molecule has 0 saturated carbocycles. The van der Waals surface area contributed by atoms with Gasteiger partial charge in [0, 0.05) is 16.9 Å². The van der Waals surface area contributed by atoms with E-state index in [1.165, 1.54) is 0 Å². The Hall–Kier alpha value is -1.60. The Kier molecular flexibility index (Phi) is 2.33. The Balaban J connectivity index is 2.60. The third-order valence-electron chi connectivity index (χ3n) is 1.86. The SMILES string of the molecule is N#Cc1cc(Br)ccc1-n1ccnc1. The van der Waals surface area contributed by atoms with Crippen molar-refractivity contribution in [1.82, 2.24) is 9.55 Å². The van der Waals surface area contributed by atoms with Crippen LogP contribution in [-0.4, -0.2) is 9.55 Å². The predicted molar refractivity (Wildman–Crippen MR) is 56.0 cm³/mol. The number of hydrogen-bond acceptors (Lipinski definition) is 2. The van der Waals surface area contributed by atoms with Crippen molar-refractivity contribution in [3.8, 4) is 11.8 Å². The van der Waals surface area contributed by atoms with Crippen LogP contribution in [0.1, 0.15) is 5.56 Å². The molecule has 0 radical (unpaired) electrons. The maximum absolute atomic E-state index is 8.94. The molecule has 0 aliphatic carbocycles. The summed E-state index contributed by atoms with van der Waals surface area (Å²) in [4.78, 5) is 3.94. The lowest BCUT2D eigenvalue weighted by atomic mass is 10.2. The molecule has 68 valence electrons. The quantitative estimate of drug-likeness (QED) is 0.777. The van der Waals surface area contributed by atoms with Gasteiger partial charge in [0.25, 0.3) is 0 Å². The molecule has 3 nitrogen and oxygen atoms in total. The van der Waals surface area contributed by atoms with Crippen molar-refractivity contribution in [2.45, 2.75) is 0 Å². The van der Waals surface area contributed by atoms with Crippen molar-refractivity contribution in [1.29, 1.82) is 5.26 Å². The zero-order chi connectivity index (χ0) is 9.97. The largest absolute Gasteiger partial charge is 0.305 e. The van der Waals surface area contributed by atoms with Gasteiger partial charge in [-0.3, -0.25) is 0 Å². The fraction of sp³-hybridized carbons (Fsp3) is 0. The van der Waals surface area contributed by atoms with Crippen LogP contribution < -0.4 is 0 Å². The van der Waals surface area contributed by atoms with Crippen LogP contribution in [0.25, 0.3) is 5.69 Å². The summed E-state index contributed by atoms with van der Waals surface area (Å²) in [7, 11) is 0. The molecule has 0 saturated heterocycles. The van der Waals surface area contributed by atoms with Gasteiger partial charge in [0.1, 0.15) is 6.07 Å². The van der Waals surface area contributed by atoms with E-state index in [0.29, 0.717) is 5.56 Å². The first-order valence-corrected chi connectivity index (χ1v) is 4.78. The third kappa shape index (κ3) is 1.54. The Bertz CT molecular complexity index is 483. The highest BCUT2D eigenvalue weighted by Crippen LogP contribution is 2.18. The lowest BCUT2D eigenvalue weighted by Crippen LogP contribution is -1.93. The van der Waals surface area contributed by atoms with E-state index in [4.69, 9.17) is 5.26 Å². The van der Waals surface area contributed by atoms with Crippen LogP contribution >= 0.6 is 15.9 Å². The number of nitriles is 1. The van der Waals surface area contributed by atoms with Gasteiger partial charge in [0.05, 0.1) is 17.6 Å². The topological polar surface area (TPSA) is 41.6 Å². The molecule has 0 amide bonds. The third-order valence-corrected chi connectivity index (χ3v) is 2.35. The lowest BCUT2D eigenvalue weighted by molar-refractivity contribution is 1.05. The number of benzene rings is 1. The van der Waals surface area contributed by atoms with Crippen LogP contribution in [0, 0.1) is 11.3 Å². The molecule has 0 N–H and O–H groups in total. The number of imidazole rings is 1. The van der Waals surface area contributed by atoms with Gasteiger partial charge < -0.3 is 4.57 Å². The average molecular weight is 248 g/mol. The smallest absolute Gasteiger partial charge is 0.101 e. The van der Waals surface area contributed by atoms with Crippen LogP contribution in [-0.2, 0) is 0 Å². The summed E-state index contributed by atoms with van der Waals surface area (Å²) in [6, 6.07) is 7.71. The second-order valence-corrected chi connectivity index (χ2v) is 3.66. The number of halogens is 1. The van der Waals surface area contributed by atoms with E-state index >= 15 is 0 Å². The standard InChI is InChI=1S/C10H6BrN3/c11-9-1-2-10(8(5-9)6-12)14-4-3-13-7-14/h1-5,7H. The monoisotopic (exact) mass is 247 g/mol. The first kappa shape index (κ1) is 8.97.